The number of carbonyl (C=O) groups is 3. The highest BCUT2D eigenvalue weighted by molar-refractivity contribution is 6.30. The van der Waals surface area contributed by atoms with Crippen LogP contribution in [0.5, 0.6) is 0 Å². The van der Waals surface area contributed by atoms with E-state index in [9.17, 15) is 14.4 Å². The molecule has 7 nitrogen and oxygen atoms in total. The molecule has 8 heteroatoms. The number of carboxylic acid groups (broad SMARTS) is 1. The maximum atomic E-state index is 12.1. The lowest BCUT2D eigenvalue weighted by atomic mass is 10.1. The fourth-order valence-electron chi connectivity index (χ4n) is 2.68. The average molecular weight is 354 g/mol. The Balaban J connectivity index is 1.73. The van der Waals surface area contributed by atoms with Crippen molar-refractivity contribution < 1.29 is 19.5 Å². The van der Waals surface area contributed by atoms with Crippen molar-refractivity contribution in [2.24, 2.45) is 0 Å². The Morgan fingerprint density at radius 1 is 1.21 bits per heavy atom. The second-order valence-electron chi connectivity index (χ2n) is 5.64. The lowest BCUT2D eigenvalue weighted by Gasteiger charge is -2.23. The zero-order valence-corrected chi connectivity index (χ0v) is 13.9. The minimum absolute atomic E-state index is 0.0610. The summed E-state index contributed by atoms with van der Waals surface area (Å²) in [4.78, 5) is 36.2. The van der Waals surface area contributed by atoms with Gasteiger partial charge in [-0.05, 0) is 30.5 Å². The number of amides is 3. The predicted molar refractivity (Wildman–Crippen MR) is 88.7 cm³/mol. The minimum atomic E-state index is -0.923. The smallest absolute Gasteiger partial charge is 0.315 e. The van der Waals surface area contributed by atoms with E-state index in [1.165, 1.54) is 4.90 Å². The number of nitrogens with zero attached hydrogens (tertiary/aromatic N) is 1. The maximum absolute atomic E-state index is 12.1. The summed E-state index contributed by atoms with van der Waals surface area (Å²) in [5.41, 5.74) is 0.891. The van der Waals surface area contributed by atoms with E-state index < -0.39 is 12.0 Å². The summed E-state index contributed by atoms with van der Waals surface area (Å²) in [5, 5.41) is 14.6. The summed E-state index contributed by atoms with van der Waals surface area (Å²) < 4.78 is 0. The summed E-state index contributed by atoms with van der Waals surface area (Å²) in [6.45, 7) is 0.704. The van der Waals surface area contributed by atoms with Crippen molar-refractivity contribution in [3.8, 4) is 0 Å². The van der Waals surface area contributed by atoms with Gasteiger partial charge in [0.05, 0.1) is 13.0 Å². The lowest BCUT2D eigenvalue weighted by Crippen LogP contribution is -2.45. The highest BCUT2D eigenvalue weighted by atomic mass is 35.5. The van der Waals surface area contributed by atoms with Gasteiger partial charge in [0.25, 0.3) is 0 Å². The third kappa shape index (κ3) is 5.42. The van der Waals surface area contributed by atoms with Crippen molar-refractivity contribution in [3.05, 3.63) is 34.9 Å². The number of benzene rings is 1. The molecule has 3 N–H and O–H groups in total. The molecule has 24 heavy (non-hydrogen) atoms. The number of aliphatic carboxylic acids is 1. The van der Waals surface area contributed by atoms with Crippen molar-refractivity contribution in [3.63, 3.8) is 0 Å². The van der Waals surface area contributed by atoms with Crippen molar-refractivity contribution in [1.29, 1.82) is 0 Å². The number of likely N-dealkylation sites (tertiary alicyclic amines) is 1. The number of hydrogen-bond acceptors (Lipinski definition) is 3. The summed E-state index contributed by atoms with van der Waals surface area (Å²) in [5.74, 6) is -1.19. The molecule has 1 fully saturated rings. The van der Waals surface area contributed by atoms with E-state index in [4.69, 9.17) is 16.7 Å². The summed E-state index contributed by atoms with van der Waals surface area (Å²) in [7, 11) is 0. The van der Waals surface area contributed by atoms with Gasteiger partial charge in [-0.15, -0.1) is 0 Å². The summed E-state index contributed by atoms with van der Waals surface area (Å²) >= 11 is 5.79. The van der Waals surface area contributed by atoms with Gasteiger partial charge in [0.15, 0.2) is 0 Å². The van der Waals surface area contributed by atoms with Crippen molar-refractivity contribution in [2.75, 3.05) is 13.1 Å². The van der Waals surface area contributed by atoms with Gasteiger partial charge >= 0.3 is 12.0 Å². The number of urea groups is 1. The Labute approximate surface area is 145 Å². The van der Waals surface area contributed by atoms with Gasteiger partial charge in [0.1, 0.15) is 0 Å². The van der Waals surface area contributed by atoms with E-state index in [-0.39, 0.29) is 24.9 Å². The molecular weight excluding hydrogens is 334 g/mol. The first-order valence-electron chi connectivity index (χ1n) is 7.73. The number of rotatable bonds is 6. The van der Waals surface area contributed by atoms with Gasteiger partial charge in [0, 0.05) is 24.2 Å². The molecule has 1 atom stereocenters. The summed E-state index contributed by atoms with van der Waals surface area (Å²) in [6, 6.07) is 6.33. The van der Waals surface area contributed by atoms with Gasteiger partial charge in [0.2, 0.25) is 5.91 Å². The molecular formula is C16H20ClN3O4. The van der Waals surface area contributed by atoms with E-state index in [2.05, 4.69) is 10.6 Å². The van der Waals surface area contributed by atoms with Crippen LogP contribution >= 0.6 is 11.6 Å². The summed E-state index contributed by atoms with van der Waals surface area (Å²) in [6.07, 6.45) is 1.40. The topological polar surface area (TPSA) is 98.7 Å². The van der Waals surface area contributed by atoms with E-state index in [0.717, 1.165) is 12.0 Å². The van der Waals surface area contributed by atoms with Crippen molar-refractivity contribution >= 4 is 29.5 Å². The monoisotopic (exact) mass is 353 g/mol. The van der Waals surface area contributed by atoms with Crippen LogP contribution in [0, 0.1) is 0 Å². The van der Waals surface area contributed by atoms with Gasteiger partial charge in [-0.1, -0.05) is 23.7 Å². The Morgan fingerprint density at radius 3 is 2.58 bits per heavy atom. The first-order chi connectivity index (χ1) is 11.5. The zero-order chi connectivity index (χ0) is 17.5. The number of carbonyl (C=O) groups excluding carboxylic acids is 2. The molecule has 0 radical (unpaired) electrons. The van der Waals surface area contributed by atoms with E-state index in [1.54, 1.807) is 24.3 Å². The third-order valence-electron chi connectivity index (χ3n) is 3.87. The molecule has 2 rings (SSSR count). The Bertz CT molecular complexity index is 606. The van der Waals surface area contributed by atoms with Crippen LogP contribution in [0.1, 0.15) is 24.8 Å². The minimum Gasteiger partial charge on any atom is -0.481 e. The van der Waals surface area contributed by atoms with Crippen LogP contribution in [0.15, 0.2) is 24.3 Å². The molecule has 1 aromatic rings. The Morgan fingerprint density at radius 2 is 1.92 bits per heavy atom. The molecule has 1 saturated heterocycles. The van der Waals surface area contributed by atoms with Gasteiger partial charge in [-0.3, -0.25) is 9.59 Å². The molecule has 0 aliphatic carbocycles. The molecule has 1 heterocycles. The second kappa shape index (κ2) is 8.54. The second-order valence-corrected chi connectivity index (χ2v) is 6.08. The third-order valence-corrected chi connectivity index (χ3v) is 4.13. The van der Waals surface area contributed by atoms with Gasteiger partial charge < -0.3 is 20.6 Å². The molecule has 1 aliphatic heterocycles. The molecule has 1 unspecified atom stereocenters. The van der Waals surface area contributed by atoms with Crippen LogP contribution < -0.4 is 10.6 Å². The van der Waals surface area contributed by atoms with Crippen LogP contribution in [0.4, 0.5) is 4.79 Å². The number of carboxylic acids is 1. The molecule has 0 bridgehead atoms. The van der Waals surface area contributed by atoms with E-state index >= 15 is 0 Å². The quantitative estimate of drug-likeness (QED) is 0.723. The highest BCUT2D eigenvalue weighted by Crippen LogP contribution is 2.19. The van der Waals surface area contributed by atoms with Crippen LogP contribution in [0.25, 0.3) is 0 Å². The fraction of sp³-hybridized carbons (Fsp3) is 0.438. The van der Waals surface area contributed by atoms with Crippen LogP contribution in [-0.4, -0.2) is 47.0 Å². The molecule has 0 saturated carbocycles. The van der Waals surface area contributed by atoms with Gasteiger partial charge in [-0.2, -0.15) is 0 Å². The molecule has 0 spiro atoms. The van der Waals surface area contributed by atoms with Crippen molar-refractivity contribution in [1.82, 2.24) is 15.5 Å². The molecule has 3 amide bonds. The molecule has 1 aromatic carbocycles. The largest absolute Gasteiger partial charge is 0.481 e. The SMILES string of the molecule is O=C(O)CC1CCCN1C(=O)CNC(=O)NCc1ccc(Cl)cc1. The number of halogens is 1. The Hall–Kier alpha value is -2.28. The number of nitrogens with one attached hydrogen (secondary N) is 2. The van der Waals surface area contributed by atoms with Crippen LogP contribution in [0.3, 0.4) is 0 Å². The predicted octanol–water partition coefficient (Wildman–Crippen LogP) is 1.60. The fourth-order valence-corrected chi connectivity index (χ4v) is 2.81. The molecule has 0 aromatic heterocycles. The average Bonchev–Trinajstić information content (AvgIpc) is 2.99. The molecule has 1 aliphatic rings. The normalized spacial score (nSPS) is 16.7. The Kier molecular flexibility index (Phi) is 6.43. The zero-order valence-electron chi connectivity index (χ0n) is 13.1. The van der Waals surface area contributed by atoms with Crippen LogP contribution in [-0.2, 0) is 16.1 Å². The van der Waals surface area contributed by atoms with Crippen molar-refractivity contribution in [2.45, 2.75) is 31.8 Å². The maximum Gasteiger partial charge on any atom is 0.315 e. The van der Waals surface area contributed by atoms with E-state index in [0.29, 0.717) is 24.5 Å². The molecule has 130 valence electrons. The first-order valence-corrected chi connectivity index (χ1v) is 8.11. The standard InChI is InChI=1S/C16H20ClN3O4/c17-12-5-3-11(4-6-12)9-18-16(24)19-10-14(21)20-7-1-2-13(20)8-15(22)23/h3-6,13H,1-2,7-10H2,(H,22,23)(H2,18,19,24). The first kappa shape index (κ1) is 18.1. The highest BCUT2D eigenvalue weighted by Gasteiger charge is 2.30. The lowest BCUT2D eigenvalue weighted by molar-refractivity contribution is -0.139. The van der Waals surface area contributed by atoms with Gasteiger partial charge in [-0.25, -0.2) is 4.79 Å². The van der Waals surface area contributed by atoms with E-state index in [1.807, 2.05) is 0 Å². The van der Waals surface area contributed by atoms with Crippen LogP contribution in [0.2, 0.25) is 5.02 Å². The number of hydrogen-bond donors (Lipinski definition) is 3.